The number of carbonyl (C=O) groups excluding carboxylic acids is 3. The summed E-state index contributed by atoms with van der Waals surface area (Å²) < 4.78 is 0. The van der Waals surface area contributed by atoms with E-state index in [1.807, 2.05) is 6.92 Å². The van der Waals surface area contributed by atoms with E-state index >= 15 is 0 Å². The Morgan fingerprint density at radius 3 is 2.60 bits per heavy atom. The van der Waals surface area contributed by atoms with Crippen LogP contribution in [0.4, 0.5) is 0 Å². The van der Waals surface area contributed by atoms with Crippen LogP contribution >= 0.6 is 0 Å². The van der Waals surface area contributed by atoms with E-state index in [1.54, 1.807) is 13.8 Å². The number of hydrogen-bond acceptors (Lipinski definition) is 4. The van der Waals surface area contributed by atoms with E-state index in [-0.39, 0.29) is 12.5 Å². The third kappa shape index (κ3) is 2.32. The summed E-state index contributed by atoms with van der Waals surface area (Å²) in [6, 6.07) is 0. The highest BCUT2D eigenvalue weighted by molar-refractivity contribution is 6.06. The number of hydrogen-bond donors (Lipinski definition) is 2. The van der Waals surface area contributed by atoms with Crippen LogP contribution in [0.25, 0.3) is 0 Å². The molecule has 0 radical (unpaired) electrons. The summed E-state index contributed by atoms with van der Waals surface area (Å²) in [6.07, 6.45) is 2.45. The van der Waals surface area contributed by atoms with Crippen LogP contribution in [0.2, 0.25) is 0 Å². The molecule has 1 unspecified atom stereocenters. The van der Waals surface area contributed by atoms with Gasteiger partial charge < -0.3 is 10.2 Å². The van der Waals surface area contributed by atoms with Gasteiger partial charge in [-0.1, -0.05) is 6.92 Å². The minimum absolute atomic E-state index is 0.0423. The lowest BCUT2D eigenvalue weighted by molar-refractivity contribution is -0.162. The molecule has 0 aromatic rings. The van der Waals surface area contributed by atoms with Crippen LogP contribution in [0.1, 0.15) is 40.0 Å². The Hall–Kier alpha value is -1.43. The van der Waals surface area contributed by atoms with Gasteiger partial charge in [0.15, 0.2) is 0 Å². The van der Waals surface area contributed by atoms with Crippen LogP contribution in [0.15, 0.2) is 0 Å². The van der Waals surface area contributed by atoms with Crippen molar-refractivity contribution in [1.29, 1.82) is 0 Å². The number of amides is 3. The fraction of sp³-hybridized carbons (Fsp3) is 0.786. The molecule has 0 spiro atoms. The predicted molar refractivity (Wildman–Crippen MR) is 73.8 cm³/mol. The van der Waals surface area contributed by atoms with Crippen molar-refractivity contribution in [2.45, 2.75) is 45.6 Å². The van der Waals surface area contributed by atoms with Gasteiger partial charge in [0.2, 0.25) is 11.8 Å². The summed E-state index contributed by atoms with van der Waals surface area (Å²) >= 11 is 0. The van der Waals surface area contributed by atoms with Gasteiger partial charge >= 0.3 is 0 Å². The third-order valence-corrected chi connectivity index (χ3v) is 4.63. The van der Waals surface area contributed by atoms with Crippen molar-refractivity contribution in [3.8, 4) is 0 Å². The molecule has 2 saturated heterocycles. The average Bonchev–Trinajstić information content (AvgIpc) is 2.43. The van der Waals surface area contributed by atoms with Gasteiger partial charge in [-0.25, -0.2) is 0 Å². The molecule has 2 N–H and O–H groups in total. The first-order chi connectivity index (χ1) is 9.33. The predicted octanol–water partition coefficient (Wildman–Crippen LogP) is 0.0298. The zero-order valence-corrected chi connectivity index (χ0v) is 12.4. The van der Waals surface area contributed by atoms with Gasteiger partial charge in [-0.3, -0.25) is 19.7 Å². The Balaban J connectivity index is 2.30. The molecular weight excluding hydrogens is 258 g/mol. The highest BCUT2D eigenvalue weighted by Gasteiger charge is 2.49. The topological polar surface area (TPSA) is 78.5 Å². The minimum Gasteiger partial charge on any atom is -0.319 e. The molecule has 2 fully saturated rings. The SMILES string of the molecule is CCC1(C(=O)N2CC(=O)NC(=O)C2(C)C)CCCNC1. The van der Waals surface area contributed by atoms with Crippen molar-refractivity contribution in [1.82, 2.24) is 15.5 Å². The highest BCUT2D eigenvalue weighted by atomic mass is 16.2. The maximum absolute atomic E-state index is 13.0. The minimum atomic E-state index is -0.982. The second-order valence-corrected chi connectivity index (χ2v) is 6.24. The van der Waals surface area contributed by atoms with Gasteiger partial charge in [-0.15, -0.1) is 0 Å². The zero-order chi connectivity index (χ0) is 15.0. The first-order valence-electron chi connectivity index (χ1n) is 7.20. The molecule has 0 aliphatic carbocycles. The quantitative estimate of drug-likeness (QED) is 0.700. The second kappa shape index (κ2) is 5.16. The summed E-state index contributed by atoms with van der Waals surface area (Å²) in [5.74, 6) is -0.893. The molecule has 0 saturated carbocycles. The van der Waals surface area contributed by atoms with Gasteiger partial charge in [0.25, 0.3) is 5.91 Å². The number of rotatable bonds is 2. The first kappa shape index (κ1) is 15.0. The van der Waals surface area contributed by atoms with Crippen LogP contribution in [0, 0.1) is 5.41 Å². The normalized spacial score (nSPS) is 30.1. The molecule has 6 nitrogen and oxygen atoms in total. The van der Waals surface area contributed by atoms with Crippen molar-refractivity contribution in [2.75, 3.05) is 19.6 Å². The molecule has 112 valence electrons. The Labute approximate surface area is 119 Å². The van der Waals surface area contributed by atoms with E-state index in [9.17, 15) is 14.4 Å². The van der Waals surface area contributed by atoms with Crippen molar-refractivity contribution in [2.24, 2.45) is 5.41 Å². The van der Waals surface area contributed by atoms with Gasteiger partial charge in [0.1, 0.15) is 12.1 Å². The molecule has 6 heteroatoms. The lowest BCUT2D eigenvalue weighted by atomic mass is 9.76. The Bertz CT molecular complexity index is 439. The van der Waals surface area contributed by atoms with Gasteiger partial charge in [0.05, 0.1) is 5.41 Å². The van der Waals surface area contributed by atoms with Crippen LogP contribution in [-0.2, 0) is 14.4 Å². The first-order valence-corrected chi connectivity index (χ1v) is 7.20. The molecule has 20 heavy (non-hydrogen) atoms. The lowest BCUT2D eigenvalue weighted by Crippen LogP contribution is -2.68. The van der Waals surface area contributed by atoms with Crippen molar-refractivity contribution < 1.29 is 14.4 Å². The van der Waals surface area contributed by atoms with Gasteiger partial charge in [-0.05, 0) is 39.7 Å². The molecule has 0 aromatic carbocycles. The maximum atomic E-state index is 13.0. The molecule has 2 aliphatic rings. The monoisotopic (exact) mass is 281 g/mol. The van der Waals surface area contributed by atoms with E-state index < -0.39 is 22.8 Å². The largest absolute Gasteiger partial charge is 0.319 e. The highest BCUT2D eigenvalue weighted by Crippen LogP contribution is 2.35. The fourth-order valence-electron chi connectivity index (χ4n) is 3.00. The number of piperazine rings is 1. The summed E-state index contributed by atoms with van der Waals surface area (Å²) in [5, 5.41) is 5.56. The smallest absolute Gasteiger partial charge is 0.252 e. The van der Waals surface area contributed by atoms with E-state index in [0.29, 0.717) is 13.0 Å². The molecule has 0 bridgehead atoms. The third-order valence-electron chi connectivity index (χ3n) is 4.63. The number of imide groups is 1. The lowest BCUT2D eigenvalue weighted by Gasteiger charge is -2.46. The number of nitrogens with one attached hydrogen (secondary N) is 2. The van der Waals surface area contributed by atoms with E-state index in [2.05, 4.69) is 10.6 Å². The van der Waals surface area contributed by atoms with E-state index in [4.69, 9.17) is 0 Å². The molecule has 1 atom stereocenters. The molecule has 2 heterocycles. The van der Waals surface area contributed by atoms with Gasteiger partial charge in [0, 0.05) is 6.54 Å². The van der Waals surface area contributed by atoms with Crippen molar-refractivity contribution in [3.63, 3.8) is 0 Å². The maximum Gasteiger partial charge on any atom is 0.252 e. The Morgan fingerprint density at radius 2 is 2.05 bits per heavy atom. The summed E-state index contributed by atoms with van der Waals surface area (Å²) in [6.45, 7) is 6.85. The van der Waals surface area contributed by atoms with E-state index in [0.717, 1.165) is 19.4 Å². The number of carbonyl (C=O) groups is 3. The molecule has 2 rings (SSSR count). The standard InChI is InChI=1S/C14H23N3O3/c1-4-14(6-5-7-15-9-14)12(20)17-8-10(18)16-11(19)13(17,2)3/h15H,4-9H2,1-3H3,(H,16,18,19). The summed E-state index contributed by atoms with van der Waals surface area (Å²) in [4.78, 5) is 38.0. The Kier molecular flexibility index (Phi) is 3.86. The second-order valence-electron chi connectivity index (χ2n) is 6.24. The van der Waals surface area contributed by atoms with Crippen molar-refractivity contribution in [3.05, 3.63) is 0 Å². The van der Waals surface area contributed by atoms with Crippen LogP contribution in [-0.4, -0.2) is 47.8 Å². The zero-order valence-electron chi connectivity index (χ0n) is 12.4. The van der Waals surface area contributed by atoms with Crippen LogP contribution in [0.3, 0.4) is 0 Å². The molecular formula is C14H23N3O3. The number of piperidine rings is 1. The number of nitrogens with zero attached hydrogens (tertiary/aromatic N) is 1. The Morgan fingerprint density at radius 1 is 1.35 bits per heavy atom. The van der Waals surface area contributed by atoms with E-state index in [1.165, 1.54) is 4.90 Å². The average molecular weight is 281 g/mol. The van der Waals surface area contributed by atoms with Crippen LogP contribution < -0.4 is 10.6 Å². The van der Waals surface area contributed by atoms with Crippen molar-refractivity contribution >= 4 is 17.7 Å². The van der Waals surface area contributed by atoms with Crippen LogP contribution in [0.5, 0.6) is 0 Å². The summed E-state index contributed by atoms with van der Waals surface area (Å²) in [5.41, 5.74) is -1.47. The fourth-order valence-corrected chi connectivity index (χ4v) is 3.00. The molecule has 2 aliphatic heterocycles. The molecule has 0 aromatic heterocycles. The molecule has 3 amide bonds. The van der Waals surface area contributed by atoms with Gasteiger partial charge in [-0.2, -0.15) is 0 Å². The summed E-state index contributed by atoms with van der Waals surface area (Å²) in [7, 11) is 0.